The van der Waals surface area contributed by atoms with Gasteiger partial charge in [0.05, 0.1) is 12.1 Å². The smallest absolute Gasteiger partial charge is 0.254 e. The van der Waals surface area contributed by atoms with Crippen molar-refractivity contribution in [2.45, 2.75) is 27.2 Å². The van der Waals surface area contributed by atoms with Crippen molar-refractivity contribution in [1.29, 1.82) is 0 Å². The molecule has 2 rings (SSSR count). The number of amides is 2. The first kappa shape index (κ1) is 18.6. The van der Waals surface area contributed by atoms with Gasteiger partial charge in [0.1, 0.15) is 5.75 Å². The summed E-state index contributed by atoms with van der Waals surface area (Å²) in [5, 5.41) is 0.419. The predicted octanol–water partition coefficient (Wildman–Crippen LogP) is 3.07. The van der Waals surface area contributed by atoms with Crippen LogP contribution in [0.15, 0.2) is 18.2 Å². The van der Waals surface area contributed by atoms with Crippen molar-refractivity contribution < 1.29 is 14.3 Å². The van der Waals surface area contributed by atoms with Crippen LogP contribution in [-0.2, 0) is 4.79 Å². The number of hydrogen-bond donors (Lipinski definition) is 0. The Kier molecular flexibility index (Phi) is 5.75. The number of carbonyl (C=O) groups is 2. The van der Waals surface area contributed by atoms with E-state index < -0.39 is 0 Å². The second kappa shape index (κ2) is 7.43. The maximum absolute atomic E-state index is 12.6. The van der Waals surface area contributed by atoms with Gasteiger partial charge in [-0.2, -0.15) is 0 Å². The number of rotatable bonds is 3. The summed E-state index contributed by atoms with van der Waals surface area (Å²) >= 11 is 6.09. The summed E-state index contributed by atoms with van der Waals surface area (Å²) in [5.41, 5.74) is 0.513. The summed E-state index contributed by atoms with van der Waals surface area (Å²) in [4.78, 5) is 28.5. The number of benzene rings is 1. The Morgan fingerprint density at radius 1 is 1.12 bits per heavy atom. The van der Waals surface area contributed by atoms with E-state index in [1.165, 1.54) is 7.11 Å². The third-order valence-electron chi connectivity index (χ3n) is 4.00. The SMILES string of the molecule is COc1ccc(C(=O)N2CCN(C(=O)CC(C)(C)C)CC2)cc1Cl. The largest absolute Gasteiger partial charge is 0.495 e. The molecule has 1 fully saturated rings. The third-order valence-corrected chi connectivity index (χ3v) is 4.30. The van der Waals surface area contributed by atoms with Gasteiger partial charge >= 0.3 is 0 Å². The maximum atomic E-state index is 12.6. The van der Waals surface area contributed by atoms with Gasteiger partial charge in [-0.25, -0.2) is 0 Å². The minimum absolute atomic E-state index is 0.0239. The van der Waals surface area contributed by atoms with Crippen LogP contribution in [0.1, 0.15) is 37.6 Å². The molecule has 1 aromatic carbocycles. The van der Waals surface area contributed by atoms with Crippen molar-refractivity contribution >= 4 is 23.4 Å². The van der Waals surface area contributed by atoms with Crippen molar-refractivity contribution in [3.8, 4) is 5.75 Å². The van der Waals surface area contributed by atoms with Crippen LogP contribution in [0.2, 0.25) is 5.02 Å². The molecule has 0 saturated carbocycles. The molecule has 1 saturated heterocycles. The highest BCUT2D eigenvalue weighted by Crippen LogP contribution is 2.26. The van der Waals surface area contributed by atoms with Crippen LogP contribution in [-0.4, -0.2) is 54.9 Å². The Hall–Kier alpha value is -1.75. The van der Waals surface area contributed by atoms with Gasteiger partial charge in [0.2, 0.25) is 5.91 Å². The maximum Gasteiger partial charge on any atom is 0.254 e. The van der Waals surface area contributed by atoms with E-state index in [2.05, 4.69) is 20.8 Å². The van der Waals surface area contributed by atoms with Gasteiger partial charge in [-0.1, -0.05) is 32.4 Å². The Bertz CT molecular complexity index is 617. The fourth-order valence-electron chi connectivity index (χ4n) is 2.71. The summed E-state index contributed by atoms with van der Waals surface area (Å²) in [6, 6.07) is 5.03. The lowest BCUT2D eigenvalue weighted by molar-refractivity contribution is -0.134. The minimum atomic E-state index is -0.0672. The summed E-state index contributed by atoms with van der Waals surface area (Å²) in [7, 11) is 1.54. The molecule has 2 amide bonds. The van der Waals surface area contributed by atoms with Crippen LogP contribution in [0.5, 0.6) is 5.75 Å². The molecule has 0 radical (unpaired) electrons. The average Bonchev–Trinajstić information content (AvgIpc) is 2.52. The van der Waals surface area contributed by atoms with Crippen LogP contribution >= 0.6 is 11.6 Å². The second-order valence-electron chi connectivity index (χ2n) is 7.26. The van der Waals surface area contributed by atoms with E-state index in [0.29, 0.717) is 48.9 Å². The molecule has 24 heavy (non-hydrogen) atoms. The highest BCUT2D eigenvalue weighted by molar-refractivity contribution is 6.32. The molecule has 0 spiro atoms. The van der Waals surface area contributed by atoms with Crippen LogP contribution in [0.25, 0.3) is 0 Å². The van der Waals surface area contributed by atoms with Crippen LogP contribution < -0.4 is 4.74 Å². The number of hydrogen-bond acceptors (Lipinski definition) is 3. The third kappa shape index (κ3) is 4.63. The fraction of sp³-hybridized carbons (Fsp3) is 0.556. The highest BCUT2D eigenvalue weighted by atomic mass is 35.5. The molecule has 5 nitrogen and oxygen atoms in total. The fourth-order valence-corrected chi connectivity index (χ4v) is 2.96. The molecule has 1 heterocycles. The predicted molar refractivity (Wildman–Crippen MR) is 94.6 cm³/mol. The molecule has 6 heteroatoms. The van der Waals surface area contributed by atoms with Crippen molar-refractivity contribution in [3.05, 3.63) is 28.8 Å². The first-order valence-electron chi connectivity index (χ1n) is 8.12. The van der Waals surface area contributed by atoms with E-state index >= 15 is 0 Å². The van der Waals surface area contributed by atoms with Gasteiger partial charge in [-0.15, -0.1) is 0 Å². The van der Waals surface area contributed by atoms with Crippen LogP contribution in [0.3, 0.4) is 0 Å². The molecule has 0 aliphatic carbocycles. The zero-order chi connectivity index (χ0) is 17.9. The van der Waals surface area contributed by atoms with Crippen molar-refractivity contribution in [3.63, 3.8) is 0 Å². The lowest BCUT2D eigenvalue weighted by Crippen LogP contribution is -2.51. The number of halogens is 1. The first-order valence-corrected chi connectivity index (χ1v) is 8.49. The Balaban J connectivity index is 1.95. The van der Waals surface area contributed by atoms with Crippen molar-refractivity contribution in [1.82, 2.24) is 9.80 Å². The van der Waals surface area contributed by atoms with Crippen molar-refractivity contribution in [2.24, 2.45) is 5.41 Å². The molecular weight excluding hydrogens is 328 g/mol. The zero-order valence-corrected chi connectivity index (χ0v) is 15.5. The highest BCUT2D eigenvalue weighted by Gasteiger charge is 2.27. The molecule has 1 aliphatic heterocycles. The molecule has 0 N–H and O–H groups in total. The standard InChI is InChI=1S/C18H25ClN2O3/c1-18(2,3)12-16(22)20-7-9-21(10-8-20)17(23)13-5-6-15(24-4)14(19)11-13/h5-6,11H,7-10,12H2,1-4H3. The van der Waals surface area contributed by atoms with Gasteiger partial charge in [-0.05, 0) is 23.6 Å². The van der Waals surface area contributed by atoms with E-state index in [9.17, 15) is 9.59 Å². The summed E-state index contributed by atoms with van der Waals surface area (Å²) in [6.07, 6.45) is 0.523. The molecule has 0 unspecified atom stereocenters. The zero-order valence-electron chi connectivity index (χ0n) is 14.8. The Labute approximate surface area is 148 Å². The van der Waals surface area contributed by atoms with Gasteiger partial charge < -0.3 is 14.5 Å². The summed E-state index contributed by atoms with van der Waals surface area (Å²) < 4.78 is 5.10. The van der Waals surface area contributed by atoms with Crippen molar-refractivity contribution in [2.75, 3.05) is 33.3 Å². The Morgan fingerprint density at radius 3 is 2.21 bits per heavy atom. The topological polar surface area (TPSA) is 49.9 Å². The number of nitrogens with zero attached hydrogens (tertiary/aromatic N) is 2. The van der Waals surface area contributed by atoms with E-state index in [0.717, 1.165) is 0 Å². The number of carbonyl (C=O) groups excluding carboxylic acids is 2. The molecule has 0 bridgehead atoms. The number of piperazine rings is 1. The lowest BCUT2D eigenvalue weighted by Gasteiger charge is -2.36. The van der Waals surface area contributed by atoms with Gasteiger partial charge in [-0.3, -0.25) is 9.59 Å². The summed E-state index contributed by atoms with van der Waals surface area (Å²) in [6.45, 7) is 8.39. The van der Waals surface area contributed by atoms with Gasteiger partial charge in [0.15, 0.2) is 0 Å². The second-order valence-corrected chi connectivity index (χ2v) is 7.67. The molecule has 0 atom stereocenters. The van der Waals surface area contributed by atoms with E-state index in [1.54, 1.807) is 23.1 Å². The first-order chi connectivity index (χ1) is 11.2. The molecule has 132 valence electrons. The monoisotopic (exact) mass is 352 g/mol. The van der Waals surface area contributed by atoms with Crippen LogP contribution in [0.4, 0.5) is 0 Å². The minimum Gasteiger partial charge on any atom is -0.495 e. The number of ether oxygens (including phenoxy) is 1. The molecular formula is C18H25ClN2O3. The van der Waals surface area contributed by atoms with Gasteiger partial charge in [0.25, 0.3) is 5.91 Å². The quantitative estimate of drug-likeness (QED) is 0.840. The Morgan fingerprint density at radius 2 is 1.71 bits per heavy atom. The van der Waals surface area contributed by atoms with E-state index in [-0.39, 0.29) is 17.2 Å². The van der Waals surface area contributed by atoms with E-state index in [1.807, 2.05) is 4.90 Å². The average molecular weight is 353 g/mol. The lowest BCUT2D eigenvalue weighted by atomic mass is 9.91. The van der Waals surface area contributed by atoms with Gasteiger partial charge in [0, 0.05) is 38.2 Å². The summed E-state index contributed by atoms with van der Waals surface area (Å²) in [5.74, 6) is 0.635. The molecule has 1 aromatic rings. The van der Waals surface area contributed by atoms with E-state index in [4.69, 9.17) is 16.3 Å². The molecule has 0 aromatic heterocycles. The molecule has 1 aliphatic rings. The normalized spacial score (nSPS) is 15.4. The van der Waals surface area contributed by atoms with Crippen LogP contribution in [0, 0.1) is 5.41 Å². The number of methoxy groups -OCH3 is 1.